The van der Waals surface area contributed by atoms with Crippen molar-refractivity contribution in [1.82, 2.24) is 4.90 Å². The van der Waals surface area contributed by atoms with E-state index in [1.165, 1.54) is 5.56 Å². The topological polar surface area (TPSA) is 40.5 Å². The molecule has 3 nitrogen and oxygen atoms in total. The maximum atomic E-state index is 11.6. The second-order valence-corrected chi connectivity index (χ2v) is 4.23. The van der Waals surface area contributed by atoms with Gasteiger partial charge in [-0.3, -0.25) is 4.79 Å². The Morgan fingerprint density at radius 2 is 1.94 bits per heavy atom. The molecule has 0 unspecified atom stereocenters. The average Bonchev–Trinajstić information content (AvgIpc) is 2.37. The van der Waals surface area contributed by atoms with Crippen LogP contribution >= 0.6 is 0 Å². The fraction of sp³-hybridized carbons (Fsp3) is 0.500. The lowest BCUT2D eigenvalue weighted by Crippen LogP contribution is -2.27. The smallest absolute Gasteiger partial charge is 0.222 e. The quantitative estimate of drug-likeness (QED) is 0.783. The molecule has 0 radical (unpaired) electrons. The minimum Gasteiger partial charge on any atom is -0.396 e. The lowest BCUT2D eigenvalue weighted by Gasteiger charge is -2.16. The molecule has 1 amide bonds. The second-order valence-electron chi connectivity index (χ2n) is 4.23. The third-order valence-corrected chi connectivity index (χ3v) is 2.78. The van der Waals surface area contributed by atoms with E-state index in [2.05, 4.69) is 12.1 Å². The van der Waals surface area contributed by atoms with Crippen LogP contribution in [0.25, 0.3) is 0 Å². The fourth-order valence-electron chi connectivity index (χ4n) is 1.71. The van der Waals surface area contributed by atoms with Crippen LogP contribution in [0.15, 0.2) is 30.3 Å². The van der Waals surface area contributed by atoms with Crippen molar-refractivity contribution in [1.29, 1.82) is 0 Å². The van der Waals surface area contributed by atoms with Gasteiger partial charge in [0.1, 0.15) is 0 Å². The van der Waals surface area contributed by atoms with Crippen LogP contribution in [-0.2, 0) is 11.2 Å². The van der Waals surface area contributed by atoms with Gasteiger partial charge in [0.2, 0.25) is 5.91 Å². The molecule has 0 aromatic heterocycles. The number of hydrogen-bond donors (Lipinski definition) is 1. The van der Waals surface area contributed by atoms with Crippen molar-refractivity contribution in [3.8, 4) is 0 Å². The molecule has 1 N–H and O–H groups in total. The molecule has 0 aliphatic carbocycles. The molecular weight excluding hydrogens is 214 g/mol. The van der Waals surface area contributed by atoms with Crippen molar-refractivity contribution in [2.24, 2.45) is 0 Å². The van der Waals surface area contributed by atoms with Crippen LogP contribution in [0.1, 0.15) is 24.8 Å². The molecule has 1 rings (SSSR count). The number of hydrogen-bond acceptors (Lipinski definition) is 2. The van der Waals surface area contributed by atoms with Crippen LogP contribution in [0.5, 0.6) is 0 Å². The minimum absolute atomic E-state index is 0.0869. The zero-order valence-electron chi connectivity index (χ0n) is 10.4. The molecule has 0 bridgehead atoms. The number of carbonyl (C=O) groups excluding carboxylic acids is 1. The summed E-state index contributed by atoms with van der Waals surface area (Å²) >= 11 is 0. The van der Waals surface area contributed by atoms with Crippen molar-refractivity contribution in [2.75, 3.05) is 20.2 Å². The van der Waals surface area contributed by atoms with E-state index in [4.69, 9.17) is 5.11 Å². The number of aliphatic hydroxyl groups excluding tert-OH is 1. The van der Waals surface area contributed by atoms with Crippen molar-refractivity contribution < 1.29 is 9.90 Å². The van der Waals surface area contributed by atoms with Gasteiger partial charge in [-0.1, -0.05) is 30.3 Å². The predicted molar refractivity (Wildman–Crippen MR) is 68.7 cm³/mol. The van der Waals surface area contributed by atoms with E-state index in [0.29, 0.717) is 12.8 Å². The summed E-state index contributed by atoms with van der Waals surface area (Å²) in [5.74, 6) is 0.118. The number of benzene rings is 1. The Hall–Kier alpha value is -1.35. The maximum absolute atomic E-state index is 11.6. The Labute approximate surface area is 103 Å². The number of aliphatic hydroxyl groups is 1. The highest BCUT2D eigenvalue weighted by molar-refractivity contribution is 5.75. The molecule has 0 fully saturated rings. The summed E-state index contributed by atoms with van der Waals surface area (Å²) in [6.07, 6.45) is 2.98. The highest BCUT2D eigenvalue weighted by atomic mass is 16.3. The maximum Gasteiger partial charge on any atom is 0.222 e. The summed E-state index contributed by atoms with van der Waals surface area (Å²) < 4.78 is 0. The van der Waals surface area contributed by atoms with Crippen molar-refractivity contribution >= 4 is 5.91 Å². The van der Waals surface area contributed by atoms with Crippen molar-refractivity contribution in [3.63, 3.8) is 0 Å². The Kier molecular flexibility index (Phi) is 6.33. The third kappa shape index (κ3) is 5.50. The summed E-state index contributed by atoms with van der Waals surface area (Å²) in [5.41, 5.74) is 1.31. The molecule has 0 saturated carbocycles. The van der Waals surface area contributed by atoms with E-state index < -0.39 is 0 Å². The standard InChI is InChI=1S/C14H21NO2/c1-15(14(17)10-6-12-16)11-5-9-13-7-3-2-4-8-13/h2-4,7-8,16H,5-6,9-12H2,1H3. The first kappa shape index (κ1) is 13.7. The van der Waals surface area contributed by atoms with E-state index in [-0.39, 0.29) is 12.5 Å². The Bertz CT molecular complexity index is 324. The normalized spacial score (nSPS) is 10.2. The van der Waals surface area contributed by atoms with Crippen molar-refractivity contribution in [3.05, 3.63) is 35.9 Å². The van der Waals surface area contributed by atoms with Crippen LogP contribution in [0.3, 0.4) is 0 Å². The van der Waals surface area contributed by atoms with Gasteiger partial charge < -0.3 is 10.0 Å². The Morgan fingerprint density at radius 3 is 2.59 bits per heavy atom. The number of amides is 1. The van der Waals surface area contributed by atoms with Crippen molar-refractivity contribution in [2.45, 2.75) is 25.7 Å². The van der Waals surface area contributed by atoms with E-state index in [9.17, 15) is 4.79 Å². The van der Waals surface area contributed by atoms with Gasteiger partial charge in [-0.2, -0.15) is 0 Å². The van der Waals surface area contributed by atoms with E-state index in [1.54, 1.807) is 4.90 Å². The van der Waals surface area contributed by atoms with Gasteiger partial charge in [-0.25, -0.2) is 0 Å². The average molecular weight is 235 g/mol. The first-order chi connectivity index (χ1) is 8.24. The number of carbonyl (C=O) groups is 1. The van der Waals surface area contributed by atoms with Crippen LogP contribution in [-0.4, -0.2) is 36.1 Å². The summed E-state index contributed by atoms with van der Waals surface area (Å²) in [4.78, 5) is 13.3. The Balaban J connectivity index is 2.20. The predicted octanol–water partition coefficient (Wildman–Crippen LogP) is 1.85. The van der Waals surface area contributed by atoms with E-state index in [0.717, 1.165) is 19.4 Å². The summed E-state index contributed by atoms with van der Waals surface area (Å²) in [5, 5.41) is 8.65. The molecule has 0 atom stereocenters. The van der Waals surface area contributed by atoms with Gasteiger partial charge in [-0.15, -0.1) is 0 Å². The van der Waals surface area contributed by atoms with Gasteiger partial charge in [0, 0.05) is 26.6 Å². The largest absolute Gasteiger partial charge is 0.396 e. The zero-order valence-corrected chi connectivity index (χ0v) is 10.4. The van der Waals surface area contributed by atoms with Crippen LogP contribution in [0.2, 0.25) is 0 Å². The molecule has 0 spiro atoms. The monoisotopic (exact) mass is 235 g/mol. The van der Waals surface area contributed by atoms with Gasteiger partial charge in [0.15, 0.2) is 0 Å². The zero-order chi connectivity index (χ0) is 12.5. The number of nitrogens with zero attached hydrogens (tertiary/aromatic N) is 1. The van der Waals surface area contributed by atoms with E-state index in [1.807, 2.05) is 25.2 Å². The minimum atomic E-state index is 0.0869. The van der Waals surface area contributed by atoms with E-state index >= 15 is 0 Å². The SMILES string of the molecule is CN(CCCc1ccccc1)C(=O)CCCO. The molecule has 94 valence electrons. The van der Waals surface area contributed by atoms with Crippen LogP contribution in [0.4, 0.5) is 0 Å². The molecule has 0 aliphatic heterocycles. The lowest BCUT2D eigenvalue weighted by molar-refractivity contribution is -0.130. The second kappa shape index (κ2) is 7.85. The van der Waals surface area contributed by atoms with Gasteiger partial charge in [-0.05, 0) is 24.8 Å². The molecule has 3 heteroatoms. The fourth-order valence-corrected chi connectivity index (χ4v) is 1.71. The molecule has 0 saturated heterocycles. The molecule has 0 aliphatic rings. The lowest BCUT2D eigenvalue weighted by atomic mass is 10.1. The molecule has 0 heterocycles. The highest BCUT2D eigenvalue weighted by Crippen LogP contribution is 2.04. The third-order valence-electron chi connectivity index (χ3n) is 2.78. The highest BCUT2D eigenvalue weighted by Gasteiger charge is 2.07. The van der Waals surface area contributed by atoms with Gasteiger partial charge in [0.05, 0.1) is 0 Å². The molecular formula is C14H21NO2. The van der Waals surface area contributed by atoms with Crippen LogP contribution < -0.4 is 0 Å². The number of aryl methyl sites for hydroxylation is 1. The summed E-state index contributed by atoms with van der Waals surface area (Å²) in [6.45, 7) is 0.864. The van der Waals surface area contributed by atoms with Gasteiger partial charge in [0.25, 0.3) is 0 Å². The van der Waals surface area contributed by atoms with Crippen LogP contribution in [0, 0.1) is 0 Å². The van der Waals surface area contributed by atoms with Gasteiger partial charge >= 0.3 is 0 Å². The first-order valence-corrected chi connectivity index (χ1v) is 6.13. The summed E-state index contributed by atoms with van der Waals surface area (Å²) in [6, 6.07) is 10.3. The first-order valence-electron chi connectivity index (χ1n) is 6.13. The molecule has 17 heavy (non-hydrogen) atoms. The molecule has 1 aromatic carbocycles. The Morgan fingerprint density at radius 1 is 1.24 bits per heavy atom. The summed E-state index contributed by atoms with van der Waals surface area (Å²) in [7, 11) is 1.82. The number of rotatable bonds is 7. The molecule has 1 aromatic rings.